The van der Waals surface area contributed by atoms with Crippen LogP contribution in [-0.4, -0.2) is 40.9 Å². The van der Waals surface area contributed by atoms with Crippen molar-refractivity contribution in [2.45, 2.75) is 51.4 Å². The highest BCUT2D eigenvalue weighted by molar-refractivity contribution is 4.83. The summed E-state index contributed by atoms with van der Waals surface area (Å²) < 4.78 is 13.1. The molecule has 0 aromatic heterocycles. The predicted octanol–water partition coefficient (Wildman–Crippen LogP) is 1.58. The highest BCUT2D eigenvalue weighted by atomic mass is 19.1. The Hall–Kier alpha value is -0.150. The quantitative estimate of drug-likeness (QED) is 0.625. The van der Waals surface area contributed by atoms with Gasteiger partial charge in [-0.2, -0.15) is 0 Å². The smallest absolute Gasteiger partial charge is 0.127 e. The van der Waals surface area contributed by atoms with E-state index in [1.54, 1.807) is 0 Å². The van der Waals surface area contributed by atoms with Crippen LogP contribution in [0.25, 0.3) is 0 Å². The van der Waals surface area contributed by atoms with Crippen molar-refractivity contribution in [1.82, 2.24) is 4.90 Å². The minimum Gasteiger partial charge on any atom is -0.390 e. The van der Waals surface area contributed by atoms with Gasteiger partial charge in [0.15, 0.2) is 0 Å². The van der Waals surface area contributed by atoms with E-state index in [0.29, 0.717) is 12.8 Å². The lowest BCUT2D eigenvalue weighted by Crippen LogP contribution is -2.42. The first kappa shape index (κ1) is 10.9. The van der Waals surface area contributed by atoms with Gasteiger partial charge in [0.2, 0.25) is 0 Å². The van der Waals surface area contributed by atoms with E-state index >= 15 is 0 Å². The Labute approximate surface area is 79.7 Å². The van der Waals surface area contributed by atoms with Crippen LogP contribution in [0.4, 0.5) is 4.39 Å². The molecule has 0 saturated carbocycles. The Balaban J connectivity index is 2.54. The maximum atomic E-state index is 13.1. The molecule has 0 radical (unpaired) electrons. The first-order valence-electron chi connectivity index (χ1n) is 4.98. The Morgan fingerprint density at radius 2 is 1.77 bits per heavy atom. The predicted molar refractivity (Wildman–Crippen MR) is 51.5 cm³/mol. The average molecular weight is 189 g/mol. The number of nitrogens with zero attached hydrogens (tertiary/aromatic N) is 1. The third-order valence-electron chi connectivity index (χ3n) is 2.74. The van der Waals surface area contributed by atoms with Crippen molar-refractivity contribution in [3.63, 3.8) is 0 Å². The van der Waals surface area contributed by atoms with Gasteiger partial charge in [-0.25, -0.2) is 4.39 Å². The number of hydrogen-bond acceptors (Lipinski definition) is 2. The maximum Gasteiger partial charge on any atom is 0.127 e. The molecule has 0 aromatic carbocycles. The number of hydrogen-bond donors (Lipinski definition) is 1. The molecule has 1 aliphatic rings. The molecule has 0 amide bonds. The van der Waals surface area contributed by atoms with Crippen molar-refractivity contribution in [3.8, 4) is 0 Å². The van der Waals surface area contributed by atoms with Gasteiger partial charge < -0.3 is 5.11 Å². The number of halogens is 1. The Kier molecular flexibility index (Phi) is 3.30. The Morgan fingerprint density at radius 3 is 2.31 bits per heavy atom. The summed E-state index contributed by atoms with van der Waals surface area (Å²) in [4.78, 5) is 2.23. The number of aliphatic hydroxyl groups is 1. The van der Waals surface area contributed by atoms with Crippen molar-refractivity contribution in [2.75, 3.05) is 13.1 Å². The minimum absolute atomic E-state index is 0.0871. The van der Waals surface area contributed by atoms with Crippen LogP contribution in [0.5, 0.6) is 0 Å². The molecule has 1 heterocycles. The molecule has 1 saturated heterocycles. The molecule has 0 aliphatic carbocycles. The van der Waals surface area contributed by atoms with Gasteiger partial charge >= 0.3 is 0 Å². The second kappa shape index (κ2) is 3.93. The van der Waals surface area contributed by atoms with Crippen LogP contribution >= 0.6 is 0 Å². The SMILES string of the molecule is CC(C)(C)N1CC[C@H](O)[C@@H](F)CC1. The Morgan fingerprint density at radius 1 is 1.23 bits per heavy atom. The molecule has 2 nitrogen and oxygen atoms in total. The molecule has 0 bridgehead atoms. The summed E-state index contributed by atoms with van der Waals surface area (Å²) in [6.45, 7) is 7.92. The summed E-state index contributed by atoms with van der Waals surface area (Å²) in [6.07, 6.45) is -0.781. The van der Waals surface area contributed by atoms with Gasteiger partial charge in [-0.05, 0) is 33.6 Å². The van der Waals surface area contributed by atoms with Crippen LogP contribution in [-0.2, 0) is 0 Å². The monoisotopic (exact) mass is 189 g/mol. The number of aliphatic hydroxyl groups excluding tert-OH is 1. The normalized spacial score (nSPS) is 33.0. The summed E-state index contributed by atoms with van der Waals surface area (Å²) in [5.41, 5.74) is 0.0871. The first-order chi connectivity index (χ1) is 5.91. The number of alkyl halides is 1. The van der Waals surface area contributed by atoms with Gasteiger partial charge in [-0.15, -0.1) is 0 Å². The van der Waals surface area contributed by atoms with Crippen molar-refractivity contribution in [1.29, 1.82) is 0 Å². The summed E-state index contributed by atoms with van der Waals surface area (Å²) >= 11 is 0. The van der Waals surface area contributed by atoms with Crippen molar-refractivity contribution in [3.05, 3.63) is 0 Å². The highest BCUT2D eigenvalue weighted by Crippen LogP contribution is 2.21. The van der Waals surface area contributed by atoms with E-state index < -0.39 is 12.3 Å². The zero-order valence-electron chi connectivity index (χ0n) is 8.76. The molecule has 2 atom stereocenters. The van der Waals surface area contributed by atoms with E-state index in [2.05, 4.69) is 25.7 Å². The number of rotatable bonds is 0. The molecule has 3 heteroatoms. The molecule has 78 valence electrons. The summed E-state index contributed by atoms with van der Waals surface area (Å²) in [5, 5.41) is 9.34. The molecule has 0 unspecified atom stereocenters. The lowest BCUT2D eigenvalue weighted by Gasteiger charge is -2.34. The first-order valence-corrected chi connectivity index (χ1v) is 4.98. The van der Waals surface area contributed by atoms with Crippen molar-refractivity contribution < 1.29 is 9.50 Å². The standard InChI is InChI=1S/C10H20FNO/c1-10(2,3)12-6-4-8(11)9(13)5-7-12/h8-9,13H,4-7H2,1-3H3/t8-,9-/m0/s1. The lowest BCUT2D eigenvalue weighted by molar-refractivity contribution is 0.0747. The topological polar surface area (TPSA) is 23.5 Å². The molecular formula is C10H20FNO. The van der Waals surface area contributed by atoms with E-state index in [1.807, 2.05) is 0 Å². The van der Waals surface area contributed by atoms with Crippen LogP contribution in [0.1, 0.15) is 33.6 Å². The Bertz CT molecular complexity index is 155. The summed E-state index contributed by atoms with van der Waals surface area (Å²) in [7, 11) is 0. The molecule has 13 heavy (non-hydrogen) atoms. The van der Waals surface area contributed by atoms with Gasteiger partial charge in [0.05, 0.1) is 6.10 Å². The molecule has 1 N–H and O–H groups in total. The fraction of sp³-hybridized carbons (Fsp3) is 1.00. The van der Waals surface area contributed by atoms with E-state index in [0.717, 1.165) is 13.1 Å². The zero-order valence-corrected chi connectivity index (χ0v) is 8.76. The average Bonchev–Trinajstić information content (AvgIpc) is 2.14. The molecule has 0 aromatic rings. The van der Waals surface area contributed by atoms with E-state index in [9.17, 15) is 9.50 Å². The summed E-state index contributed by atoms with van der Waals surface area (Å²) in [6, 6.07) is 0. The van der Waals surface area contributed by atoms with Gasteiger partial charge in [0.25, 0.3) is 0 Å². The van der Waals surface area contributed by atoms with Gasteiger partial charge in [-0.3, -0.25) is 4.90 Å². The van der Waals surface area contributed by atoms with Crippen LogP contribution < -0.4 is 0 Å². The van der Waals surface area contributed by atoms with E-state index in [4.69, 9.17) is 0 Å². The van der Waals surface area contributed by atoms with E-state index in [1.165, 1.54) is 0 Å². The molecule has 1 fully saturated rings. The van der Waals surface area contributed by atoms with Crippen molar-refractivity contribution >= 4 is 0 Å². The third kappa shape index (κ3) is 2.92. The highest BCUT2D eigenvalue weighted by Gasteiger charge is 2.29. The van der Waals surface area contributed by atoms with E-state index in [-0.39, 0.29) is 5.54 Å². The minimum atomic E-state index is -1.03. The lowest BCUT2D eigenvalue weighted by atomic mass is 10.1. The fourth-order valence-electron chi connectivity index (χ4n) is 1.72. The number of likely N-dealkylation sites (tertiary alicyclic amines) is 1. The maximum absolute atomic E-state index is 13.1. The molecule has 1 aliphatic heterocycles. The largest absolute Gasteiger partial charge is 0.390 e. The zero-order chi connectivity index (χ0) is 10.1. The van der Waals surface area contributed by atoms with Crippen LogP contribution in [0.3, 0.4) is 0 Å². The second-order valence-electron chi connectivity index (χ2n) is 4.82. The third-order valence-corrected chi connectivity index (χ3v) is 2.74. The second-order valence-corrected chi connectivity index (χ2v) is 4.82. The van der Waals surface area contributed by atoms with Crippen molar-refractivity contribution in [2.24, 2.45) is 0 Å². The van der Waals surface area contributed by atoms with Gasteiger partial charge in [-0.1, -0.05) is 0 Å². The van der Waals surface area contributed by atoms with Gasteiger partial charge in [0.1, 0.15) is 6.17 Å². The van der Waals surface area contributed by atoms with Gasteiger partial charge in [0, 0.05) is 18.6 Å². The molecular weight excluding hydrogens is 169 g/mol. The van der Waals surface area contributed by atoms with Crippen LogP contribution in [0, 0.1) is 0 Å². The molecule has 0 spiro atoms. The fourth-order valence-corrected chi connectivity index (χ4v) is 1.72. The van der Waals surface area contributed by atoms with Crippen LogP contribution in [0.2, 0.25) is 0 Å². The molecule has 1 rings (SSSR count). The summed E-state index contributed by atoms with van der Waals surface area (Å²) in [5.74, 6) is 0. The van der Waals surface area contributed by atoms with Crippen LogP contribution in [0.15, 0.2) is 0 Å².